The van der Waals surface area contributed by atoms with E-state index in [9.17, 15) is 9.59 Å². The van der Waals surface area contributed by atoms with E-state index in [1.165, 1.54) is 23.2 Å². The van der Waals surface area contributed by atoms with Crippen LogP contribution in [0.5, 0.6) is 0 Å². The van der Waals surface area contributed by atoms with Crippen LogP contribution in [-0.2, 0) is 5.54 Å². The van der Waals surface area contributed by atoms with E-state index in [2.05, 4.69) is 25.4 Å². The molecule has 1 amide bonds. The van der Waals surface area contributed by atoms with Crippen molar-refractivity contribution >= 4 is 16.9 Å². The van der Waals surface area contributed by atoms with Gasteiger partial charge in [0.2, 0.25) is 5.82 Å². The van der Waals surface area contributed by atoms with Gasteiger partial charge < -0.3 is 5.32 Å². The predicted molar refractivity (Wildman–Crippen MR) is 128 cm³/mol. The summed E-state index contributed by atoms with van der Waals surface area (Å²) < 4.78 is 18.4. The Morgan fingerprint density at radius 2 is 1.86 bits per heavy atom. The van der Waals surface area contributed by atoms with Crippen LogP contribution in [0, 0.1) is 5.82 Å². The summed E-state index contributed by atoms with van der Waals surface area (Å²) in [4.78, 5) is 38.5. The van der Waals surface area contributed by atoms with Crippen molar-refractivity contribution in [3.8, 4) is 11.1 Å². The average molecular weight is 476 g/mol. The highest BCUT2D eigenvalue weighted by atomic mass is 19.1. The van der Waals surface area contributed by atoms with Crippen LogP contribution in [0.25, 0.3) is 22.2 Å². The van der Waals surface area contributed by atoms with Gasteiger partial charge in [0.15, 0.2) is 5.65 Å². The third-order valence-corrected chi connectivity index (χ3v) is 6.36. The molecular weight excluding hydrogens is 449 g/mol. The number of amides is 1. The Bertz CT molecular complexity index is 1500. The van der Waals surface area contributed by atoms with Gasteiger partial charge in [0, 0.05) is 30.0 Å². The molecular formula is C25H26FN7O2. The molecule has 3 heterocycles. The van der Waals surface area contributed by atoms with Crippen LogP contribution < -0.4 is 10.9 Å². The van der Waals surface area contributed by atoms with Gasteiger partial charge in [-0.2, -0.15) is 5.10 Å². The van der Waals surface area contributed by atoms with Crippen LogP contribution >= 0.6 is 0 Å². The normalized spacial score (nSPS) is 14.6. The molecule has 9 nitrogen and oxygen atoms in total. The Balaban J connectivity index is 1.42. The fourth-order valence-corrected chi connectivity index (χ4v) is 4.22. The summed E-state index contributed by atoms with van der Waals surface area (Å²) in [7, 11) is 0. The summed E-state index contributed by atoms with van der Waals surface area (Å²) in [6, 6.07) is 4.69. The molecule has 4 aromatic rings. The van der Waals surface area contributed by atoms with Gasteiger partial charge >= 0.3 is 0 Å². The van der Waals surface area contributed by atoms with Crippen molar-refractivity contribution in [3.05, 3.63) is 70.7 Å². The summed E-state index contributed by atoms with van der Waals surface area (Å²) in [6.07, 6.45) is 7.40. The zero-order valence-electron chi connectivity index (χ0n) is 20.0. The zero-order valence-corrected chi connectivity index (χ0v) is 20.0. The Hall–Kier alpha value is -3.95. The van der Waals surface area contributed by atoms with Gasteiger partial charge in [-0.3, -0.25) is 14.2 Å². The quantitative estimate of drug-likeness (QED) is 0.455. The first kappa shape index (κ1) is 22.8. The van der Waals surface area contributed by atoms with E-state index >= 15 is 4.39 Å². The molecule has 3 aromatic heterocycles. The van der Waals surface area contributed by atoms with Crippen molar-refractivity contribution in [2.45, 2.75) is 58.2 Å². The maximum atomic E-state index is 15.2. The molecule has 1 aliphatic rings. The lowest BCUT2D eigenvalue weighted by Gasteiger charge is -2.18. The van der Waals surface area contributed by atoms with Gasteiger partial charge in [-0.15, -0.1) is 0 Å². The highest BCUT2D eigenvalue weighted by Gasteiger charge is 2.46. The zero-order chi connectivity index (χ0) is 24.9. The highest BCUT2D eigenvalue weighted by Crippen LogP contribution is 2.46. The SMILES string of the molecule is CC(C)n1cncc(-c2ccc(C3(NC(=O)c4ncc5cnn(C(C)C)c5n4)CC3)cc2F)c1=O. The summed E-state index contributed by atoms with van der Waals surface area (Å²) in [5, 5.41) is 8.05. The number of benzene rings is 1. The van der Waals surface area contributed by atoms with Gasteiger partial charge in [0.1, 0.15) is 5.82 Å². The summed E-state index contributed by atoms with van der Waals surface area (Å²) in [5.74, 6) is -0.938. The Morgan fingerprint density at radius 1 is 1.09 bits per heavy atom. The lowest BCUT2D eigenvalue weighted by Crippen LogP contribution is -2.36. The third kappa shape index (κ3) is 3.98. The van der Waals surface area contributed by atoms with E-state index in [0.29, 0.717) is 24.1 Å². The molecule has 0 atom stereocenters. The fraction of sp³-hybridized carbons (Fsp3) is 0.360. The van der Waals surface area contributed by atoms with Crippen molar-refractivity contribution in [1.82, 2.24) is 34.6 Å². The fourth-order valence-electron chi connectivity index (χ4n) is 4.22. The number of halogens is 1. The first-order valence-corrected chi connectivity index (χ1v) is 11.6. The highest BCUT2D eigenvalue weighted by molar-refractivity contribution is 5.93. The lowest BCUT2D eigenvalue weighted by molar-refractivity contribution is 0.0920. The number of carbonyl (C=O) groups is 1. The topological polar surface area (TPSA) is 108 Å². The second kappa shape index (κ2) is 8.37. The molecule has 1 fully saturated rings. The molecule has 10 heteroatoms. The average Bonchev–Trinajstić information content (AvgIpc) is 3.47. The number of hydrogen-bond donors (Lipinski definition) is 1. The minimum atomic E-state index is -0.694. The van der Waals surface area contributed by atoms with E-state index in [1.807, 2.05) is 27.7 Å². The van der Waals surface area contributed by atoms with Gasteiger partial charge in [-0.05, 0) is 52.2 Å². The van der Waals surface area contributed by atoms with E-state index < -0.39 is 17.3 Å². The van der Waals surface area contributed by atoms with Gasteiger partial charge in [0.05, 0.1) is 29.0 Å². The van der Waals surface area contributed by atoms with E-state index in [0.717, 1.165) is 5.39 Å². The van der Waals surface area contributed by atoms with E-state index in [4.69, 9.17) is 0 Å². The molecule has 1 N–H and O–H groups in total. The predicted octanol–water partition coefficient (Wildman–Crippen LogP) is 3.77. The standard InChI is InChI=1S/C25H26FN7O2/c1-14(2)32-13-27-12-19(24(32)35)18-6-5-17(9-20(18)26)25(7-8-25)31-23(34)21-28-10-16-11-29-33(15(3)4)22(16)30-21/h5-6,9-15H,7-8H2,1-4H3,(H,31,34). The minimum absolute atomic E-state index is 0.0351. The van der Waals surface area contributed by atoms with Crippen molar-refractivity contribution in [3.63, 3.8) is 0 Å². The molecule has 0 unspecified atom stereocenters. The maximum absolute atomic E-state index is 15.2. The largest absolute Gasteiger partial charge is 0.340 e. The van der Waals surface area contributed by atoms with Crippen LogP contribution in [0.3, 0.4) is 0 Å². The molecule has 0 saturated heterocycles. The lowest BCUT2D eigenvalue weighted by atomic mass is 9.99. The monoisotopic (exact) mass is 475 g/mol. The van der Waals surface area contributed by atoms with Crippen molar-refractivity contribution in [2.75, 3.05) is 0 Å². The summed E-state index contributed by atoms with van der Waals surface area (Å²) >= 11 is 0. The van der Waals surface area contributed by atoms with Crippen LogP contribution in [0.4, 0.5) is 4.39 Å². The number of nitrogens with one attached hydrogen (secondary N) is 1. The minimum Gasteiger partial charge on any atom is -0.340 e. The molecule has 35 heavy (non-hydrogen) atoms. The first-order valence-electron chi connectivity index (χ1n) is 11.6. The first-order chi connectivity index (χ1) is 16.7. The Morgan fingerprint density at radius 3 is 2.51 bits per heavy atom. The molecule has 0 spiro atoms. The van der Waals surface area contributed by atoms with Crippen LogP contribution in [-0.4, -0.2) is 35.2 Å². The molecule has 1 aliphatic carbocycles. The van der Waals surface area contributed by atoms with Crippen molar-refractivity contribution in [1.29, 1.82) is 0 Å². The smallest absolute Gasteiger partial charge is 0.289 e. The van der Waals surface area contributed by atoms with Crippen molar-refractivity contribution < 1.29 is 9.18 Å². The van der Waals surface area contributed by atoms with E-state index in [1.54, 1.807) is 29.2 Å². The second-order valence-electron chi connectivity index (χ2n) is 9.50. The van der Waals surface area contributed by atoms with Crippen LogP contribution in [0.2, 0.25) is 0 Å². The molecule has 0 radical (unpaired) electrons. The van der Waals surface area contributed by atoms with E-state index in [-0.39, 0.29) is 34.6 Å². The van der Waals surface area contributed by atoms with Crippen LogP contribution in [0.1, 0.15) is 68.8 Å². The van der Waals surface area contributed by atoms with Gasteiger partial charge in [-0.25, -0.2) is 24.0 Å². The summed E-state index contributed by atoms with van der Waals surface area (Å²) in [6.45, 7) is 7.69. The Labute approximate surface area is 201 Å². The Kier molecular flexibility index (Phi) is 5.46. The molecule has 0 aliphatic heterocycles. The number of aromatic nitrogens is 6. The van der Waals surface area contributed by atoms with Crippen LogP contribution in [0.15, 0.2) is 47.9 Å². The maximum Gasteiger partial charge on any atom is 0.289 e. The third-order valence-electron chi connectivity index (χ3n) is 6.36. The number of hydrogen-bond acceptors (Lipinski definition) is 6. The molecule has 1 saturated carbocycles. The molecule has 0 bridgehead atoms. The molecule has 180 valence electrons. The number of nitrogens with zero attached hydrogens (tertiary/aromatic N) is 6. The summed E-state index contributed by atoms with van der Waals surface area (Å²) in [5.41, 5.74) is 0.600. The molecule has 5 rings (SSSR count). The molecule has 1 aromatic carbocycles. The van der Waals surface area contributed by atoms with Gasteiger partial charge in [0.25, 0.3) is 11.5 Å². The number of rotatable bonds is 6. The van der Waals surface area contributed by atoms with Gasteiger partial charge in [-0.1, -0.05) is 12.1 Å². The second-order valence-corrected chi connectivity index (χ2v) is 9.50. The number of carbonyl (C=O) groups excluding carboxylic acids is 1. The van der Waals surface area contributed by atoms with Crippen molar-refractivity contribution in [2.24, 2.45) is 0 Å². The number of fused-ring (bicyclic) bond motifs is 1.